The number of rotatable bonds is 4. The van der Waals surface area contributed by atoms with Gasteiger partial charge < -0.3 is 4.90 Å². The fraction of sp³-hybridized carbons (Fsp3) is 0. The van der Waals surface area contributed by atoms with E-state index in [1.807, 2.05) is 23.5 Å². The zero-order chi connectivity index (χ0) is 26.6. The van der Waals surface area contributed by atoms with E-state index < -0.39 is 0 Å². The van der Waals surface area contributed by atoms with Crippen LogP contribution in [0.5, 0.6) is 0 Å². The van der Waals surface area contributed by atoms with Crippen molar-refractivity contribution in [2.75, 3.05) is 4.90 Å². The van der Waals surface area contributed by atoms with Crippen LogP contribution in [0.4, 0.5) is 17.1 Å². The van der Waals surface area contributed by atoms with Gasteiger partial charge in [0.1, 0.15) is 0 Å². The van der Waals surface area contributed by atoms with Gasteiger partial charge in [-0.3, -0.25) is 0 Å². The number of hydrogen-bond donors (Lipinski definition) is 0. The highest BCUT2D eigenvalue weighted by Crippen LogP contribution is 2.44. The molecular weight excluding hydrogens is 546 g/mol. The Hall–Kier alpha value is -4.15. The zero-order valence-corrected chi connectivity index (χ0v) is 23.7. The normalized spacial score (nSPS) is 11.6. The summed E-state index contributed by atoms with van der Waals surface area (Å²) in [4.78, 5) is 2.36. The average Bonchev–Trinajstić information content (AvgIpc) is 3.56. The Bertz CT molecular complexity index is 2180. The monoisotopic (exact) mass is 567 g/mol. The van der Waals surface area contributed by atoms with E-state index in [4.69, 9.17) is 11.6 Å². The summed E-state index contributed by atoms with van der Waals surface area (Å²) in [5.74, 6) is 0. The van der Waals surface area contributed by atoms with Crippen molar-refractivity contribution >= 4 is 91.7 Å². The molecule has 0 unspecified atom stereocenters. The summed E-state index contributed by atoms with van der Waals surface area (Å²) in [6, 6.07) is 47.8. The van der Waals surface area contributed by atoms with Crippen molar-refractivity contribution in [3.63, 3.8) is 0 Å². The van der Waals surface area contributed by atoms with Gasteiger partial charge >= 0.3 is 0 Å². The standard InChI is InChI=1S/C36H22ClNS2/c37-31-10-6-12-34-36(31)30-21-26(18-20-33(30)39-34)38(25-15-13-24(14-16-25)23-7-2-1-3-8-23)27-17-19-29-28-9-4-5-11-32(28)40-35(29)22-27/h1-22H. The van der Waals surface area contributed by atoms with Crippen LogP contribution in [0, 0.1) is 0 Å². The first-order chi connectivity index (χ1) is 19.7. The number of fused-ring (bicyclic) bond motifs is 6. The van der Waals surface area contributed by atoms with Crippen LogP contribution in [0.1, 0.15) is 0 Å². The molecule has 2 heterocycles. The van der Waals surface area contributed by atoms with E-state index in [9.17, 15) is 0 Å². The fourth-order valence-electron chi connectivity index (χ4n) is 5.65. The van der Waals surface area contributed by atoms with Crippen LogP contribution in [0.25, 0.3) is 51.5 Å². The van der Waals surface area contributed by atoms with E-state index in [1.54, 1.807) is 11.3 Å². The zero-order valence-electron chi connectivity index (χ0n) is 21.3. The van der Waals surface area contributed by atoms with Gasteiger partial charge in [-0.25, -0.2) is 0 Å². The van der Waals surface area contributed by atoms with E-state index >= 15 is 0 Å². The SMILES string of the molecule is Clc1cccc2sc3ccc(N(c4ccc(-c5ccccc5)cc4)c4ccc5c(c4)sc4ccccc45)cc3c12. The fourth-order valence-corrected chi connectivity index (χ4v) is 8.23. The summed E-state index contributed by atoms with van der Waals surface area (Å²) in [6.07, 6.45) is 0. The maximum Gasteiger partial charge on any atom is 0.0499 e. The Morgan fingerprint density at radius 1 is 0.425 bits per heavy atom. The van der Waals surface area contributed by atoms with Gasteiger partial charge in [0.2, 0.25) is 0 Å². The molecule has 8 rings (SSSR count). The van der Waals surface area contributed by atoms with Gasteiger partial charge in [0.25, 0.3) is 0 Å². The highest BCUT2D eigenvalue weighted by atomic mass is 35.5. The minimum Gasteiger partial charge on any atom is -0.310 e. The second-order valence-electron chi connectivity index (χ2n) is 9.92. The maximum absolute atomic E-state index is 6.72. The van der Waals surface area contributed by atoms with Gasteiger partial charge in [-0.1, -0.05) is 84.4 Å². The van der Waals surface area contributed by atoms with Crippen LogP contribution in [0.15, 0.2) is 133 Å². The largest absolute Gasteiger partial charge is 0.310 e. The Morgan fingerprint density at radius 2 is 1.05 bits per heavy atom. The first kappa shape index (κ1) is 23.7. The summed E-state index contributed by atoms with van der Waals surface area (Å²) in [7, 11) is 0. The molecule has 0 spiro atoms. The molecule has 40 heavy (non-hydrogen) atoms. The molecule has 0 saturated carbocycles. The van der Waals surface area contributed by atoms with E-state index in [0.717, 1.165) is 27.5 Å². The molecule has 0 N–H and O–H groups in total. The highest BCUT2D eigenvalue weighted by molar-refractivity contribution is 7.26. The molecule has 0 aliphatic heterocycles. The van der Waals surface area contributed by atoms with E-state index in [0.29, 0.717) is 0 Å². The number of anilines is 3. The summed E-state index contributed by atoms with van der Waals surface area (Å²) in [5, 5.41) is 5.73. The molecule has 0 saturated heterocycles. The highest BCUT2D eigenvalue weighted by Gasteiger charge is 2.17. The predicted molar refractivity (Wildman–Crippen MR) is 177 cm³/mol. The number of nitrogens with zero attached hydrogens (tertiary/aromatic N) is 1. The Morgan fingerprint density at radius 3 is 1.93 bits per heavy atom. The molecular formula is C36H22ClNS2. The van der Waals surface area contributed by atoms with Crippen LogP contribution < -0.4 is 4.90 Å². The third-order valence-electron chi connectivity index (χ3n) is 7.54. The van der Waals surface area contributed by atoms with E-state index in [2.05, 4.69) is 126 Å². The smallest absolute Gasteiger partial charge is 0.0499 e. The molecule has 0 aliphatic carbocycles. The van der Waals surface area contributed by atoms with Gasteiger partial charge in [-0.15, -0.1) is 22.7 Å². The van der Waals surface area contributed by atoms with E-state index in [1.165, 1.54) is 46.1 Å². The molecule has 4 heteroatoms. The minimum absolute atomic E-state index is 0.798. The second kappa shape index (κ2) is 9.50. The second-order valence-corrected chi connectivity index (χ2v) is 12.5. The molecule has 0 amide bonds. The summed E-state index contributed by atoms with van der Waals surface area (Å²) >= 11 is 10.4. The van der Waals surface area contributed by atoms with Crippen molar-refractivity contribution in [1.82, 2.24) is 0 Å². The molecule has 6 aromatic carbocycles. The van der Waals surface area contributed by atoms with Crippen LogP contribution in [-0.2, 0) is 0 Å². The van der Waals surface area contributed by atoms with Crippen LogP contribution in [0.3, 0.4) is 0 Å². The van der Waals surface area contributed by atoms with Crippen molar-refractivity contribution in [2.45, 2.75) is 0 Å². The first-order valence-electron chi connectivity index (χ1n) is 13.2. The Labute approximate surface area is 245 Å². The van der Waals surface area contributed by atoms with Crippen LogP contribution >= 0.6 is 34.3 Å². The van der Waals surface area contributed by atoms with Crippen molar-refractivity contribution in [3.05, 3.63) is 138 Å². The third-order valence-corrected chi connectivity index (χ3v) is 10.1. The molecule has 0 fully saturated rings. The lowest BCUT2D eigenvalue weighted by Crippen LogP contribution is -2.09. The molecule has 0 radical (unpaired) electrons. The number of benzene rings is 6. The topological polar surface area (TPSA) is 3.24 Å². The predicted octanol–water partition coefficient (Wildman–Crippen LogP) is 12.2. The van der Waals surface area contributed by atoms with Crippen LogP contribution in [0.2, 0.25) is 5.02 Å². The van der Waals surface area contributed by atoms with E-state index in [-0.39, 0.29) is 0 Å². The lowest BCUT2D eigenvalue weighted by Gasteiger charge is -2.26. The van der Waals surface area contributed by atoms with Crippen molar-refractivity contribution in [3.8, 4) is 11.1 Å². The van der Waals surface area contributed by atoms with Gasteiger partial charge in [0.05, 0.1) is 0 Å². The van der Waals surface area contributed by atoms with Crippen molar-refractivity contribution in [1.29, 1.82) is 0 Å². The number of halogens is 1. The average molecular weight is 568 g/mol. The first-order valence-corrected chi connectivity index (χ1v) is 15.2. The number of thiophene rings is 2. The Balaban J connectivity index is 1.33. The lowest BCUT2D eigenvalue weighted by atomic mass is 10.0. The molecule has 0 bridgehead atoms. The molecule has 0 aliphatic rings. The summed E-state index contributed by atoms with van der Waals surface area (Å²) in [5.41, 5.74) is 5.78. The molecule has 0 atom stereocenters. The van der Waals surface area contributed by atoms with Gasteiger partial charge in [0.15, 0.2) is 0 Å². The molecule has 190 valence electrons. The van der Waals surface area contributed by atoms with Crippen molar-refractivity contribution < 1.29 is 0 Å². The van der Waals surface area contributed by atoms with Gasteiger partial charge in [-0.2, -0.15) is 0 Å². The molecule has 8 aromatic rings. The quantitative estimate of drug-likeness (QED) is 0.204. The number of hydrogen-bond acceptors (Lipinski definition) is 3. The summed E-state index contributed by atoms with van der Waals surface area (Å²) in [6.45, 7) is 0. The molecule has 1 nitrogen and oxygen atoms in total. The maximum atomic E-state index is 6.72. The van der Waals surface area contributed by atoms with Gasteiger partial charge in [-0.05, 0) is 71.8 Å². The lowest BCUT2D eigenvalue weighted by molar-refractivity contribution is 1.30. The van der Waals surface area contributed by atoms with Gasteiger partial charge in [0, 0.05) is 62.4 Å². The van der Waals surface area contributed by atoms with Crippen molar-refractivity contribution in [2.24, 2.45) is 0 Å². The van der Waals surface area contributed by atoms with Crippen LogP contribution in [-0.4, -0.2) is 0 Å². The third kappa shape index (κ3) is 3.89. The molecule has 2 aromatic heterocycles. The summed E-state index contributed by atoms with van der Waals surface area (Å²) < 4.78 is 5.06. The minimum atomic E-state index is 0.798. The Kier molecular flexibility index (Phi) is 5.63.